The number of hydrogen-bond acceptors (Lipinski definition) is 3. The molecule has 1 aliphatic rings. The van der Waals surface area contributed by atoms with Crippen molar-refractivity contribution in [2.24, 2.45) is 7.05 Å². The van der Waals surface area contributed by atoms with Crippen molar-refractivity contribution in [2.75, 3.05) is 18.0 Å². The van der Waals surface area contributed by atoms with Crippen molar-refractivity contribution in [1.82, 2.24) is 15.1 Å². The number of amides is 1. The second-order valence-corrected chi connectivity index (χ2v) is 4.33. The summed E-state index contributed by atoms with van der Waals surface area (Å²) in [7, 11) is 1.92. The highest BCUT2D eigenvalue weighted by Gasteiger charge is 2.21. The number of nitrogens with one attached hydrogen (secondary N) is 1. The summed E-state index contributed by atoms with van der Waals surface area (Å²) in [5.74, 6) is 1.05. The summed E-state index contributed by atoms with van der Waals surface area (Å²) in [5, 5.41) is 7.35. The molecule has 1 aliphatic heterocycles. The Morgan fingerprint density at radius 3 is 2.78 bits per heavy atom. The maximum Gasteiger partial charge on any atom is 0.217 e. The number of anilines is 1. The Balaban J connectivity index is 0.000000771. The minimum atomic E-state index is 0.0490. The summed E-state index contributed by atoms with van der Waals surface area (Å²) in [6.45, 7) is 7.45. The minimum Gasteiger partial charge on any atom is -0.353 e. The van der Waals surface area contributed by atoms with E-state index < -0.39 is 0 Å². The number of hydrogen-bond donors (Lipinski definition) is 1. The summed E-state index contributed by atoms with van der Waals surface area (Å²) in [4.78, 5) is 13.2. The highest BCUT2D eigenvalue weighted by molar-refractivity contribution is 5.73. The quantitative estimate of drug-likeness (QED) is 0.869. The molecule has 2 heterocycles. The standard InChI is InChI=1S/C11H18N4O.C2H6/c1-9(16)12-10-4-3-6-15(8-10)11-5-7-14(2)13-11;1-2/h5,7,10H,3-4,6,8H2,1-2H3,(H,12,16);1-2H3. The van der Waals surface area contributed by atoms with Gasteiger partial charge in [-0.1, -0.05) is 13.8 Å². The van der Waals surface area contributed by atoms with E-state index in [9.17, 15) is 4.79 Å². The third-order valence-corrected chi connectivity index (χ3v) is 2.85. The van der Waals surface area contributed by atoms with E-state index >= 15 is 0 Å². The van der Waals surface area contributed by atoms with Gasteiger partial charge in [-0.05, 0) is 12.8 Å². The molecule has 1 aromatic rings. The average molecular weight is 252 g/mol. The van der Waals surface area contributed by atoms with E-state index in [4.69, 9.17) is 0 Å². The van der Waals surface area contributed by atoms with E-state index in [1.165, 1.54) is 0 Å². The summed E-state index contributed by atoms with van der Waals surface area (Å²) in [6, 6.07) is 2.27. The van der Waals surface area contributed by atoms with Gasteiger partial charge in [0, 0.05) is 45.4 Å². The van der Waals surface area contributed by atoms with E-state index in [-0.39, 0.29) is 11.9 Å². The molecule has 2 rings (SSSR count). The third kappa shape index (κ3) is 4.05. The number of aromatic nitrogens is 2. The highest BCUT2D eigenvalue weighted by Crippen LogP contribution is 2.17. The lowest BCUT2D eigenvalue weighted by molar-refractivity contribution is -0.119. The fourth-order valence-electron chi connectivity index (χ4n) is 2.16. The average Bonchev–Trinajstić information content (AvgIpc) is 2.78. The van der Waals surface area contributed by atoms with Crippen LogP contribution in [0.15, 0.2) is 12.3 Å². The van der Waals surface area contributed by atoms with Crippen LogP contribution in [0, 0.1) is 0 Å². The van der Waals surface area contributed by atoms with Crippen LogP contribution >= 0.6 is 0 Å². The molecule has 1 atom stereocenters. The number of aryl methyl sites for hydroxylation is 1. The highest BCUT2D eigenvalue weighted by atomic mass is 16.1. The molecule has 0 aliphatic carbocycles. The summed E-state index contributed by atoms with van der Waals surface area (Å²) in [5.41, 5.74) is 0. The van der Waals surface area contributed by atoms with Crippen LogP contribution in [0.25, 0.3) is 0 Å². The van der Waals surface area contributed by atoms with Crippen LogP contribution in [0.3, 0.4) is 0 Å². The van der Waals surface area contributed by atoms with Gasteiger partial charge in [0.1, 0.15) is 0 Å². The lowest BCUT2D eigenvalue weighted by Crippen LogP contribution is -2.47. The topological polar surface area (TPSA) is 50.2 Å². The van der Waals surface area contributed by atoms with Crippen LogP contribution in [0.5, 0.6) is 0 Å². The molecule has 1 fully saturated rings. The lowest BCUT2D eigenvalue weighted by Gasteiger charge is -2.33. The van der Waals surface area contributed by atoms with Crippen LogP contribution in [0.2, 0.25) is 0 Å². The van der Waals surface area contributed by atoms with E-state index in [1.54, 1.807) is 11.6 Å². The SMILES string of the molecule is CC.CC(=O)NC1CCCN(c2ccn(C)n2)C1. The second-order valence-electron chi connectivity index (χ2n) is 4.33. The third-order valence-electron chi connectivity index (χ3n) is 2.85. The molecule has 1 aromatic heterocycles. The largest absolute Gasteiger partial charge is 0.353 e. The van der Waals surface area contributed by atoms with Gasteiger partial charge in [0.25, 0.3) is 0 Å². The van der Waals surface area contributed by atoms with Crippen LogP contribution < -0.4 is 10.2 Å². The van der Waals surface area contributed by atoms with Gasteiger partial charge in [0.15, 0.2) is 5.82 Å². The van der Waals surface area contributed by atoms with Crippen molar-refractivity contribution >= 4 is 11.7 Å². The first kappa shape index (κ1) is 14.5. The van der Waals surface area contributed by atoms with Gasteiger partial charge in [-0.3, -0.25) is 9.48 Å². The molecule has 0 bridgehead atoms. The van der Waals surface area contributed by atoms with Gasteiger partial charge in [0.2, 0.25) is 5.91 Å². The number of nitrogens with zero attached hydrogens (tertiary/aromatic N) is 3. The molecular weight excluding hydrogens is 228 g/mol. The number of carbonyl (C=O) groups excluding carboxylic acids is 1. The molecule has 0 spiro atoms. The minimum absolute atomic E-state index is 0.0490. The number of piperidine rings is 1. The number of rotatable bonds is 2. The monoisotopic (exact) mass is 252 g/mol. The van der Waals surface area contributed by atoms with E-state index in [2.05, 4.69) is 15.3 Å². The number of carbonyl (C=O) groups is 1. The maximum absolute atomic E-state index is 11.0. The first-order valence-electron chi connectivity index (χ1n) is 6.67. The molecule has 5 nitrogen and oxygen atoms in total. The zero-order valence-electron chi connectivity index (χ0n) is 11.8. The molecule has 0 saturated carbocycles. The molecule has 18 heavy (non-hydrogen) atoms. The van der Waals surface area contributed by atoms with Crippen LogP contribution in [0.1, 0.15) is 33.6 Å². The maximum atomic E-state index is 11.0. The molecule has 1 amide bonds. The summed E-state index contributed by atoms with van der Waals surface area (Å²) < 4.78 is 1.80. The molecule has 0 aromatic carbocycles. The van der Waals surface area contributed by atoms with Gasteiger partial charge in [0.05, 0.1) is 0 Å². The Kier molecular flexibility index (Phi) is 5.68. The Morgan fingerprint density at radius 2 is 2.22 bits per heavy atom. The molecule has 1 saturated heterocycles. The molecule has 1 unspecified atom stereocenters. The first-order chi connectivity index (χ1) is 8.65. The van der Waals surface area contributed by atoms with Crippen LogP contribution in [-0.2, 0) is 11.8 Å². The van der Waals surface area contributed by atoms with Crippen LogP contribution in [0.4, 0.5) is 5.82 Å². The molecule has 102 valence electrons. The predicted octanol–water partition coefficient (Wildman–Crippen LogP) is 1.55. The van der Waals surface area contributed by atoms with Crippen molar-refractivity contribution in [3.05, 3.63) is 12.3 Å². The molecule has 0 radical (unpaired) electrons. The summed E-state index contributed by atoms with van der Waals surface area (Å²) >= 11 is 0. The second kappa shape index (κ2) is 7.03. The lowest BCUT2D eigenvalue weighted by atomic mass is 10.1. The van der Waals surface area contributed by atoms with Gasteiger partial charge in [-0.15, -0.1) is 0 Å². The zero-order valence-corrected chi connectivity index (χ0v) is 11.8. The van der Waals surface area contributed by atoms with Gasteiger partial charge >= 0.3 is 0 Å². The molecule has 1 N–H and O–H groups in total. The van der Waals surface area contributed by atoms with Crippen molar-refractivity contribution in [3.8, 4) is 0 Å². The Hall–Kier alpha value is -1.52. The van der Waals surface area contributed by atoms with Gasteiger partial charge < -0.3 is 10.2 Å². The van der Waals surface area contributed by atoms with E-state index in [0.29, 0.717) is 0 Å². The predicted molar refractivity (Wildman–Crippen MR) is 73.6 cm³/mol. The van der Waals surface area contributed by atoms with Crippen LogP contribution in [-0.4, -0.2) is 34.8 Å². The van der Waals surface area contributed by atoms with Gasteiger partial charge in [-0.2, -0.15) is 5.10 Å². The Bertz CT molecular complexity index is 375. The first-order valence-corrected chi connectivity index (χ1v) is 6.67. The molecular formula is C13H24N4O. The van der Waals surface area contributed by atoms with Gasteiger partial charge in [-0.25, -0.2) is 0 Å². The fourth-order valence-corrected chi connectivity index (χ4v) is 2.16. The zero-order chi connectivity index (χ0) is 13.5. The summed E-state index contributed by atoms with van der Waals surface area (Å²) in [6.07, 6.45) is 4.10. The van der Waals surface area contributed by atoms with Crippen molar-refractivity contribution in [2.45, 2.75) is 39.7 Å². The van der Waals surface area contributed by atoms with Crippen molar-refractivity contribution in [1.29, 1.82) is 0 Å². The van der Waals surface area contributed by atoms with Crippen molar-refractivity contribution < 1.29 is 4.79 Å². The van der Waals surface area contributed by atoms with E-state index in [0.717, 1.165) is 31.7 Å². The Labute approximate surface area is 109 Å². The smallest absolute Gasteiger partial charge is 0.217 e. The normalized spacial score (nSPS) is 18.9. The van der Waals surface area contributed by atoms with Crippen molar-refractivity contribution in [3.63, 3.8) is 0 Å². The fraction of sp³-hybridized carbons (Fsp3) is 0.692. The molecule has 5 heteroatoms. The Morgan fingerprint density at radius 1 is 1.50 bits per heavy atom. The van der Waals surface area contributed by atoms with E-state index in [1.807, 2.05) is 33.2 Å².